The zero-order valence-electron chi connectivity index (χ0n) is 12.3. The minimum Gasteiger partial charge on any atom is -0.469 e. The summed E-state index contributed by atoms with van der Waals surface area (Å²) in [7, 11) is 1.27. The number of ether oxygens (including phenoxy) is 3. The number of nitrogens with zero attached hydrogens (tertiary/aromatic N) is 3. The molecule has 9 heteroatoms. The predicted octanol–water partition coefficient (Wildman–Crippen LogP) is 0.492. The molecule has 0 saturated carbocycles. The van der Waals surface area contributed by atoms with E-state index in [4.69, 9.17) is 20.1 Å². The van der Waals surface area contributed by atoms with E-state index in [1.165, 1.54) is 7.11 Å². The van der Waals surface area contributed by atoms with Gasteiger partial charge in [0.05, 0.1) is 25.9 Å². The van der Waals surface area contributed by atoms with Gasteiger partial charge in [-0.2, -0.15) is 0 Å². The summed E-state index contributed by atoms with van der Waals surface area (Å²) in [6, 6.07) is -0.720. The summed E-state index contributed by atoms with van der Waals surface area (Å²) in [5, 5.41) is 22.5. The fourth-order valence-electron chi connectivity index (χ4n) is 2.24. The molecule has 0 aliphatic carbocycles. The Hall–Kier alpha value is -1.38. The smallest absolute Gasteiger partial charge is 0.305 e. The maximum absolute atomic E-state index is 11.2. The number of rotatable bonds is 7. The lowest BCUT2D eigenvalue weighted by Crippen LogP contribution is -2.43. The van der Waals surface area contributed by atoms with E-state index >= 15 is 0 Å². The van der Waals surface area contributed by atoms with Gasteiger partial charge in [0.25, 0.3) is 0 Å². The zero-order valence-corrected chi connectivity index (χ0v) is 12.3. The zero-order chi connectivity index (χ0) is 16.0. The van der Waals surface area contributed by atoms with Crippen LogP contribution in [0.25, 0.3) is 10.4 Å². The van der Waals surface area contributed by atoms with Crippen molar-refractivity contribution in [3.05, 3.63) is 10.4 Å². The molecule has 0 spiro atoms. The summed E-state index contributed by atoms with van der Waals surface area (Å²) in [6.07, 6.45) is -2.55. The van der Waals surface area contributed by atoms with Crippen LogP contribution in [0, 0.1) is 0 Å². The van der Waals surface area contributed by atoms with Gasteiger partial charge in [-0.3, -0.25) is 4.79 Å². The molecule has 0 amide bonds. The van der Waals surface area contributed by atoms with Crippen molar-refractivity contribution >= 4 is 5.97 Å². The monoisotopic (exact) mass is 303 g/mol. The largest absolute Gasteiger partial charge is 0.469 e. The number of carbonyl (C=O) groups is 1. The maximum Gasteiger partial charge on any atom is 0.305 e. The Morgan fingerprint density at radius 3 is 2.62 bits per heavy atom. The molecule has 0 aromatic rings. The molecule has 4 atom stereocenters. The van der Waals surface area contributed by atoms with E-state index < -0.39 is 42.7 Å². The Morgan fingerprint density at radius 2 is 2.10 bits per heavy atom. The average molecular weight is 303 g/mol. The van der Waals surface area contributed by atoms with E-state index in [1.54, 1.807) is 13.8 Å². The summed E-state index contributed by atoms with van der Waals surface area (Å²) in [5.74, 6) is -1.43. The quantitative estimate of drug-likeness (QED) is 0.304. The topological polar surface area (TPSA) is 134 Å². The van der Waals surface area contributed by atoms with Gasteiger partial charge in [0, 0.05) is 11.3 Å². The number of aliphatic hydroxyl groups is 2. The molecule has 0 aromatic heterocycles. The van der Waals surface area contributed by atoms with Crippen molar-refractivity contribution < 1.29 is 29.2 Å². The van der Waals surface area contributed by atoms with Crippen molar-refractivity contribution in [1.29, 1.82) is 0 Å². The van der Waals surface area contributed by atoms with Gasteiger partial charge in [0.15, 0.2) is 5.79 Å². The molecule has 1 heterocycles. The van der Waals surface area contributed by atoms with Crippen LogP contribution in [0.5, 0.6) is 0 Å². The Balaban J connectivity index is 2.87. The third-order valence-electron chi connectivity index (χ3n) is 3.18. The van der Waals surface area contributed by atoms with Crippen LogP contribution in [0.2, 0.25) is 0 Å². The predicted molar refractivity (Wildman–Crippen MR) is 71.1 cm³/mol. The summed E-state index contributed by atoms with van der Waals surface area (Å²) >= 11 is 0. The van der Waals surface area contributed by atoms with E-state index in [0.717, 1.165) is 0 Å². The fourth-order valence-corrected chi connectivity index (χ4v) is 2.24. The highest BCUT2D eigenvalue weighted by Crippen LogP contribution is 2.34. The van der Waals surface area contributed by atoms with Crippen LogP contribution in [0.4, 0.5) is 0 Å². The third-order valence-corrected chi connectivity index (χ3v) is 3.18. The first-order chi connectivity index (χ1) is 9.84. The molecule has 9 nitrogen and oxygen atoms in total. The minimum absolute atomic E-state index is 0.0441. The van der Waals surface area contributed by atoms with Gasteiger partial charge in [-0.1, -0.05) is 5.11 Å². The van der Waals surface area contributed by atoms with Crippen LogP contribution >= 0.6 is 0 Å². The molecule has 1 aliphatic rings. The molecule has 1 saturated heterocycles. The minimum atomic E-state index is -1.17. The van der Waals surface area contributed by atoms with Gasteiger partial charge in [-0.25, -0.2) is 0 Å². The Kier molecular flexibility index (Phi) is 6.38. The molecule has 21 heavy (non-hydrogen) atoms. The molecule has 0 unspecified atom stereocenters. The highest BCUT2D eigenvalue weighted by atomic mass is 16.8. The van der Waals surface area contributed by atoms with Crippen LogP contribution in [0.3, 0.4) is 0 Å². The van der Waals surface area contributed by atoms with Gasteiger partial charge in [0.1, 0.15) is 12.2 Å². The number of aliphatic hydroxyl groups excluding tert-OH is 2. The molecule has 2 N–H and O–H groups in total. The van der Waals surface area contributed by atoms with E-state index in [1.807, 2.05) is 0 Å². The van der Waals surface area contributed by atoms with Gasteiger partial charge >= 0.3 is 5.97 Å². The van der Waals surface area contributed by atoms with Gasteiger partial charge < -0.3 is 24.4 Å². The molecule has 0 radical (unpaired) electrons. The van der Waals surface area contributed by atoms with Crippen LogP contribution in [-0.2, 0) is 19.0 Å². The summed E-state index contributed by atoms with van der Waals surface area (Å²) in [4.78, 5) is 14.0. The van der Waals surface area contributed by atoms with Crippen LogP contribution in [-0.4, -0.2) is 60.0 Å². The Bertz CT molecular complexity index is 410. The Labute approximate surface area is 122 Å². The van der Waals surface area contributed by atoms with Gasteiger partial charge in [-0.05, 0) is 25.8 Å². The van der Waals surface area contributed by atoms with E-state index in [0.29, 0.717) is 0 Å². The van der Waals surface area contributed by atoms with Crippen molar-refractivity contribution in [3.8, 4) is 0 Å². The van der Waals surface area contributed by atoms with Crippen molar-refractivity contribution in [2.45, 2.75) is 56.8 Å². The molecule has 1 fully saturated rings. The number of azide groups is 1. The number of hydrogen-bond donors (Lipinski definition) is 2. The molecule has 0 aromatic carbocycles. The SMILES string of the molecule is COC(=O)CC[C@@H](N=[N+]=[N-])[C@@H]1OC(C)(C)O[C@@H]1[C@H](O)CO. The van der Waals surface area contributed by atoms with E-state index in [9.17, 15) is 9.90 Å². The van der Waals surface area contributed by atoms with Crippen LogP contribution < -0.4 is 0 Å². The molecule has 0 bridgehead atoms. The highest BCUT2D eigenvalue weighted by Gasteiger charge is 2.47. The number of hydrogen-bond acceptors (Lipinski definition) is 7. The first-order valence-corrected chi connectivity index (χ1v) is 6.60. The van der Waals surface area contributed by atoms with Gasteiger partial charge in [-0.15, -0.1) is 0 Å². The lowest BCUT2D eigenvalue weighted by molar-refractivity contribution is -0.158. The van der Waals surface area contributed by atoms with Gasteiger partial charge in [0.2, 0.25) is 0 Å². The first-order valence-electron chi connectivity index (χ1n) is 6.60. The Morgan fingerprint density at radius 1 is 1.48 bits per heavy atom. The molecule has 1 rings (SSSR count). The normalized spacial score (nSPS) is 26.7. The number of methoxy groups -OCH3 is 1. The molecular weight excluding hydrogens is 282 g/mol. The van der Waals surface area contributed by atoms with Crippen molar-refractivity contribution in [2.75, 3.05) is 13.7 Å². The standard InChI is InChI=1S/C12H21N3O6/c1-12(2)20-10(11(21-12)8(17)6-16)7(14-15-13)4-5-9(18)19-3/h7-8,10-11,16-17H,4-6H2,1-3H3/t7-,8-,10+,11-/m1/s1. The third kappa shape index (κ3) is 4.83. The second-order valence-corrected chi connectivity index (χ2v) is 5.20. The maximum atomic E-state index is 11.2. The molecule has 120 valence electrons. The van der Waals surface area contributed by atoms with Crippen LogP contribution in [0.1, 0.15) is 26.7 Å². The second kappa shape index (κ2) is 7.58. The summed E-state index contributed by atoms with van der Waals surface area (Å²) < 4.78 is 15.7. The van der Waals surface area contributed by atoms with E-state index in [2.05, 4.69) is 14.8 Å². The lowest BCUT2D eigenvalue weighted by atomic mass is 9.98. The van der Waals surface area contributed by atoms with Crippen molar-refractivity contribution in [2.24, 2.45) is 5.11 Å². The fraction of sp³-hybridized carbons (Fsp3) is 0.917. The second-order valence-electron chi connectivity index (χ2n) is 5.20. The summed E-state index contributed by atoms with van der Waals surface area (Å²) in [5.41, 5.74) is 8.67. The van der Waals surface area contributed by atoms with E-state index in [-0.39, 0.29) is 12.8 Å². The van der Waals surface area contributed by atoms with Crippen molar-refractivity contribution in [3.63, 3.8) is 0 Å². The van der Waals surface area contributed by atoms with Crippen LogP contribution in [0.15, 0.2) is 5.11 Å². The highest BCUT2D eigenvalue weighted by molar-refractivity contribution is 5.69. The molecular formula is C12H21N3O6. The average Bonchev–Trinajstić information content (AvgIpc) is 2.77. The first kappa shape index (κ1) is 17.7. The summed E-state index contributed by atoms with van der Waals surface area (Å²) in [6.45, 7) is 2.79. The number of carbonyl (C=O) groups excluding carboxylic acids is 1. The van der Waals surface area contributed by atoms with Crippen molar-refractivity contribution in [1.82, 2.24) is 0 Å². The molecule has 1 aliphatic heterocycles. The number of esters is 1. The lowest BCUT2D eigenvalue weighted by Gasteiger charge is -2.25.